The van der Waals surface area contributed by atoms with Crippen LogP contribution in [0.25, 0.3) is 0 Å². The fraction of sp³-hybridized carbons (Fsp3) is 0.333. The van der Waals surface area contributed by atoms with Crippen LogP contribution >= 0.6 is 11.6 Å². The van der Waals surface area contributed by atoms with Crippen molar-refractivity contribution in [2.24, 2.45) is 9.98 Å². The highest BCUT2D eigenvalue weighted by atomic mass is 35.5. The maximum absolute atomic E-state index is 6.02. The van der Waals surface area contributed by atoms with E-state index in [1.807, 2.05) is 37.3 Å². The van der Waals surface area contributed by atoms with E-state index in [-0.39, 0.29) is 0 Å². The molecular weight excluding hydrogens is 346 g/mol. The lowest BCUT2D eigenvalue weighted by atomic mass is 10.1. The average molecular weight is 372 g/mol. The van der Waals surface area contributed by atoms with Gasteiger partial charge in [0.2, 0.25) is 0 Å². The third-order valence-corrected chi connectivity index (χ3v) is 4.35. The second-order valence-corrected chi connectivity index (χ2v) is 6.33. The molecule has 0 atom stereocenters. The highest BCUT2D eigenvalue weighted by Gasteiger charge is 2.14. The van der Waals surface area contributed by atoms with Crippen LogP contribution in [0, 0.1) is 0 Å². The molecule has 0 aromatic rings. The number of nitrogens with one attached hydrogen (secondary N) is 1. The van der Waals surface area contributed by atoms with Crippen LogP contribution in [0.15, 0.2) is 81.2 Å². The van der Waals surface area contributed by atoms with E-state index >= 15 is 0 Å². The molecule has 5 heteroatoms. The van der Waals surface area contributed by atoms with Crippen molar-refractivity contribution in [2.75, 3.05) is 20.2 Å². The summed E-state index contributed by atoms with van der Waals surface area (Å²) < 4.78 is 5.25. The van der Waals surface area contributed by atoms with Crippen LogP contribution in [0.2, 0.25) is 0 Å². The highest BCUT2D eigenvalue weighted by Crippen LogP contribution is 2.17. The van der Waals surface area contributed by atoms with Gasteiger partial charge in [-0.2, -0.15) is 0 Å². The molecule has 0 aromatic heterocycles. The van der Waals surface area contributed by atoms with E-state index in [9.17, 15) is 0 Å². The molecule has 0 amide bonds. The summed E-state index contributed by atoms with van der Waals surface area (Å²) in [7, 11) is 1.67. The van der Waals surface area contributed by atoms with E-state index in [1.54, 1.807) is 13.2 Å². The number of halogens is 1. The molecule has 1 aliphatic heterocycles. The van der Waals surface area contributed by atoms with Crippen molar-refractivity contribution < 1.29 is 4.74 Å². The Labute approximate surface area is 161 Å². The van der Waals surface area contributed by atoms with Crippen molar-refractivity contribution in [1.82, 2.24) is 5.32 Å². The Morgan fingerprint density at radius 2 is 2.27 bits per heavy atom. The summed E-state index contributed by atoms with van der Waals surface area (Å²) in [5.74, 6) is 1.69. The Hall–Kier alpha value is -2.33. The van der Waals surface area contributed by atoms with Gasteiger partial charge in [0, 0.05) is 28.6 Å². The monoisotopic (exact) mass is 371 g/mol. The molecule has 1 aliphatic carbocycles. The summed E-state index contributed by atoms with van der Waals surface area (Å²) in [5, 5.41) is 4.03. The maximum atomic E-state index is 6.02. The number of allylic oxidation sites excluding steroid dienone is 8. The van der Waals surface area contributed by atoms with Gasteiger partial charge < -0.3 is 10.1 Å². The minimum absolute atomic E-state index is 0.686. The number of methoxy groups -OCH3 is 1. The van der Waals surface area contributed by atoms with Crippen molar-refractivity contribution in [1.29, 1.82) is 0 Å². The van der Waals surface area contributed by atoms with Gasteiger partial charge in [-0.25, -0.2) is 4.99 Å². The van der Waals surface area contributed by atoms with Gasteiger partial charge in [0.15, 0.2) is 5.84 Å². The third-order valence-electron chi connectivity index (χ3n) is 4.03. The number of ether oxygens (including phenoxy) is 1. The van der Waals surface area contributed by atoms with Crippen LogP contribution in [0.1, 0.15) is 26.2 Å². The fourth-order valence-corrected chi connectivity index (χ4v) is 2.66. The summed E-state index contributed by atoms with van der Waals surface area (Å²) >= 11 is 6.02. The van der Waals surface area contributed by atoms with Gasteiger partial charge in [-0.05, 0) is 50.5 Å². The molecule has 2 rings (SSSR count). The molecule has 4 nitrogen and oxygen atoms in total. The van der Waals surface area contributed by atoms with Crippen LogP contribution in [0.4, 0.5) is 0 Å². The lowest BCUT2D eigenvalue weighted by molar-refractivity contribution is 0.307. The van der Waals surface area contributed by atoms with E-state index in [0.717, 1.165) is 54.4 Å². The summed E-state index contributed by atoms with van der Waals surface area (Å²) in [6.45, 7) is 7.23. The van der Waals surface area contributed by atoms with E-state index in [1.165, 1.54) is 0 Å². The standard InChI is InChI=1S/C21H26ClN3O/c1-4-17(22)14-18(5-2)23-13-7-9-19-15-24-21(25-19)16-8-6-10-20(26-3)12-11-16/h4-6,10-12,14,23H,2,7-9,13,15H2,1,3H3/b17-4+,18-14+. The van der Waals surface area contributed by atoms with Crippen LogP contribution < -0.4 is 5.32 Å². The van der Waals surface area contributed by atoms with Gasteiger partial charge >= 0.3 is 0 Å². The van der Waals surface area contributed by atoms with E-state index < -0.39 is 0 Å². The van der Waals surface area contributed by atoms with Gasteiger partial charge in [-0.3, -0.25) is 4.99 Å². The first kappa shape index (κ1) is 20.0. The minimum atomic E-state index is 0.686. The van der Waals surface area contributed by atoms with Crippen molar-refractivity contribution in [3.8, 4) is 0 Å². The largest absolute Gasteiger partial charge is 0.497 e. The molecule has 2 aliphatic rings. The topological polar surface area (TPSA) is 46.0 Å². The molecule has 0 aromatic carbocycles. The predicted molar refractivity (Wildman–Crippen MR) is 112 cm³/mol. The summed E-state index contributed by atoms with van der Waals surface area (Å²) in [6, 6.07) is 0. The molecule has 1 heterocycles. The van der Waals surface area contributed by atoms with Gasteiger partial charge in [-0.15, -0.1) is 0 Å². The number of amidine groups is 1. The van der Waals surface area contributed by atoms with E-state index in [2.05, 4.69) is 23.0 Å². The molecule has 1 N–H and O–H groups in total. The van der Waals surface area contributed by atoms with Crippen LogP contribution in [0.5, 0.6) is 0 Å². The molecule has 0 radical (unpaired) electrons. The van der Waals surface area contributed by atoms with Crippen molar-refractivity contribution >= 4 is 23.1 Å². The van der Waals surface area contributed by atoms with Crippen molar-refractivity contribution in [3.05, 3.63) is 71.2 Å². The highest BCUT2D eigenvalue weighted by molar-refractivity contribution is 6.31. The van der Waals surface area contributed by atoms with Crippen molar-refractivity contribution in [3.63, 3.8) is 0 Å². The Balaban J connectivity index is 1.82. The number of hydrogen-bond donors (Lipinski definition) is 1. The van der Waals surface area contributed by atoms with Crippen LogP contribution in [0.3, 0.4) is 0 Å². The molecule has 0 spiro atoms. The number of rotatable bonds is 9. The van der Waals surface area contributed by atoms with E-state index in [4.69, 9.17) is 21.3 Å². The molecule has 0 bridgehead atoms. The van der Waals surface area contributed by atoms with Gasteiger partial charge in [0.05, 0.1) is 13.7 Å². The molecule has 0 saturated heterocycles. The van der Waals surface area contributed by atoms with Crippen molar-refractivity contribution in [2.45, 2.75) is 26.2 Å². The van der Waals surface area contributed by atoms with Gasteiger partial charge in [-0.1, -0.05) is 36.4 Å². The molecular formula is C21H26ClN3O. The number of nitrogens with zero attached hydrogens (tertiary/aromatic N) is 2. The molecule has 0 saturated carbocycles. The second kappa shape index (κ2) is 10.6. The maximum Gasteiger partial charge on any atom is 0.151 e. The molecule has 138 valence electrons. The predicted octanol–water partition coefficient (Wildman–Crippen LogP) is 4.84. The lowest BCUT2D eigenvalue weighted by Crippen LogP contribution is -2.15. The third kappa shape index (κ3) is 6.19. The quantitative estimate of drug-likeness (QED) is 0.465. The number of hydrogen-bond acceptors (Lipinski definition) is 4. The van der Waals surface area contributed by atoms with E-state index in [0.29, 0.717) is 11.6 Å². The minimum Gasteiger partial charge on any atom is -0.497 e. The normalized spacial score (nSPS) is 17.8. The zero-order valence-electron chi connectivity index (χ0n) is 15.5. The Bertz CT molecular complexity index is 736. The molecule has 0 unspecified atom stereocenters. The van der Waals surface area contributed by atoms with Crippen LogP contribution in [-0.4, -0.2) is 31.7 Å². The second-order valence-electron chi connectivity index (χ2n) is 5.90. The average Bonchev–Trinajstić information content (AvgIpc) is 3.00. The first-order valence-corrected chi connectivity index (χ1v) is 9.16. The van der Waals surface area contributed by atoms with Gasteiger partial charge in [0.25, 0.3) is 0 Å². The molecule has 0 fully saturated rings. The first-order valence-electron chi connectivity index (χ1n) is 8.78. The Morgan fingerprint density at radius 1 is 1.42 bits per heavy atom. The smallest absolute Gasteiger partial charge is 0.151 e. The lowest BCUT2D eigenvalue weighted by Gasteiger charge is -2.07. The summed E-state index contributed by atoms with van der Waals surface area (Å²) in [5.41, 5.74) is 3.18. The Morgan fingerprint density at radius 3 is 3.00 bits per heavy atom. The SMILES string of the molecule is C=C/C(=C\C(Cl)=C/C)NCCCC1=NC(C2=CC=C(OC)C=CC2)=NC1. The number of aliphatic imine (C=N–C) groups is 2. The fourth-order valence-electron chi connectivity index (χ4n) is 2.54. The zero-order chi connectivity index (χ0) is 18.8. The summed E-state index contributed by atoms with van der Waals surface area (Å²) in [6.07, 6.45) is 16.3. The Kier molecular flexibility index (Phi) is 8.16. The van der Waals surface area contributed by atoms with Gasteiger partial charge in [0.1, 0.15) is 5.76 Å². The molecule has 26 heavy (non-hydrogen) atoms. The van der Waals surface area contributed by atoms with Crippen LogP contribution in [-0.2, 0) is 4.74 Å². The first-order chi connectivity index (χ1) is 12.7. The summed E-state index contributed by atoms with van der Waals surface area (Å²) in [4.78, 5) is 9.29. The zero-order valence-corrected chi connectivity index (χ0v) is 16.2.